The number of carboxylic acids is 1. The van der Waals surface area contributed by atoms with Crippen molar-refractivity contribution in [2.45, 2.75) is 13.8 Å². The summed E-state index contributed by atoms with van der Waals surface area (Å²) in [7, 11) is 0. The Morgan fingerprint density at radius 3 is 2.67 bits per heavy atom. The maximum atomic E-state index is 10.9. The van der Waals surface area contributed by atoms with Crippen molar-refractivity contribution in [2.24, 2.45) is 0 Å². The van der Waals surface area contributed by atoms with Crippen molar-refractivity contribution in [3.8, 4) is 0 Å². The van der Waals surface area contributed by atoms with E-state index in [2.05, 4.69) is 5.32 Å². The molecule has 0 fully saturated rings. The number of carboxylic acid groups (broad SMARTS) is 1. The highest BCUT2D eigenvalue weighted by Gasteiger charge is 2.19. The minimum Gasteiger partial charge on any atom is -0.477 e. The molecular formula is C12H14N2O4. The third-order valence-corrected chi connectivity index (χ3v) is 2.24. The summed E-state index contributed by atoms with van der Waals surface area (Å²) in [6.07, 6.45) is 1.93. The second-order valence-corrected chi connectivity index (χ2v) is 3.96. The van der Waals surface area contributed by atoms with Gasteiger partial charge in [0.05, 0.1) is 4.92 Å². The number of benzene rings is 1. The van der Waals surface area contributed by atoms with Gasteiger partial charge in [0.15, 0.2) is 0 Å². The number of nitro groups is 1. The maximum absolute atomic E-state index is 10.9. The number of hydrogen-bond acceptors (Lipinski definition) is 4. The summed E-state index contributed by atoms with van der Waals surface area (Å²) in [5.41, 5.74) is 0.941. The summed E-state index contributed by atoms with van der Waals surface area (Å²) in [6, 6.07) is 3.94. The highest BCUT2D eigenvalue weighted by Crippen LogP contribution is 2.22. The molecule has 0 heterocycles. The summed E-state index contributed by atoms with van der Waals surface area (Å²) < 4.78 is 0. The molecule has 0 aliphatic heterocycles. The van der Waals surface area contributed by atoms with E-state index in [1.54, 1.807) is 0 Å². The molecule has 0 amide bonds. The average molecular weight is 250 g/mol. The molecule has 1 aromatic rings. The number of hydrogen-bond donors (Lipinski definition) is 2. The van der Waals surface area contributed by atoms with Crippen molar-refractivity contribution in [1.29, 1.82) is 0 Å². The monoisotopic (exact) mass is 250 g/mol. The fourth-order valence-corrected chi connectivity index (χ4v) is 1.35. The Balaban J connectivity index is 2.97. The van der Waals surface area contributed by atoms with E-state index in [9.17, 15) is 14.9 Å². The van der Waals surface area contributed by atoms with Crippen LogP contribution in [0.3, 0.4) is 0 Å². The average Bonchev–Trinajstić information content (AvgIpc) is 2.28. The van der Waals surface area contributed by atoms with Crippen LogP contribution in [0.15, 0.2) is 29.8 Å². The van der Waals surface area contributed by atoms with Crippen LogP contribution in [0.25, 0.3) is 0 Å². The first-order chi connectivity index (χ1) is 8.41. The first-order valence-corrected chi connectivity index (χ1v) is 5.30. The van der Waals surface area contributed by atoms with Gasteiger partial charge in [-0.2, -0.15) is 0 Å². The molecular weight excluding hydrogens is 236 g/mol. The number of anilines is 1. The summed E-state index contributed by atoms with van der Waals surface area (Å²) in [5.74, 6) is -1.31. The number of allylic oxidation sites excluding steroid dienone is 1. The quantitative estimate of drug-likeness (QED) is 0.476. The van der Waals surface area contributed by atoms with Crippen LogP contribution in [0.4, 0.5) is 11.4 Å². The van der Waals surface area contributed by atoms with E-state index in [0.29, 0.717) is 12.2 Å². The Kier molecular flexibility index (Phi) is 4.42. The van der Waals surface area contributed by atoms with Gasteiger partial charge in [0.1, 0.15) is 5.56 Å². The Hall–Kier alpha value is -2.37. The van der Waals surface area contributed by atoms with E-state index in [1.165, 1.54) is 18.2 Å². The van der Waals surface area contributed by atoms with E-state index in [4.69, 9.17) is 5.11 Å². The number of nitro benzene ring substituents is 1. The topological polar surface area (TPSA) is 92.5 Å². The number of aromatic carboxylic acids is 1. The molecule has 0 unspecified atom stereocenters. The lowest BCUT2D eigenvalue weighted by atomic mass is 10.1. The van der Waals surface area contributed by atoms with Crippen LogP contribution in [0.1, 0.15) is 24.2 Å². The molecule has 6 heteroatoms. The highest BCUT2D eigenvalue weighted by atomic mass is 16.6. The van der Waals surface area contributed by atoms with E-state index < -0.39 is 16.6 Å². The van der Waals surface area contributed by atoms with Gasteiger partial charge in [-0.05, 0) is 26.0 Å². The van der Waals surface area contributed by atoms with E-state index >= 15 is 0 Å². The molecule has 0 radical (unpaired) electrons. The van der Waals surface area contributed by atoms with Crippen LogP contribution in [-0.2, 0) is 0 Å². The fourth-order valence-electron chi connectivity index (χ4n) is 1.35. The van der Waals surface area contributed by atoms with Gasteiger partial charge < -0.3 is 10.4 Å². The number of carbonyl (C=O) groups is 1. The van der Waals surface area contributed by atoms with E-state index in [-0.39, 0.29) is 5.56 Å². The SMILES string of the molecule is CC(C)=CCNc1ccc([N+](=O)[O-])c(C(=O)O)c1. The van der Waals surface area contributed by atoms with Crippen molar-refractivity contribution in [3.05, 3.63) is 45.5 Å². The minimum absolute atomic E-state index is 0.317. The van der Waals surface area contributed by atoms with Crippen molar-refractivity contribution in [1.82, 2.24) is 0 Å². The standard InChI is InChI=1S/C12H14N2O4/c1-8(2)5-6-13-9-3-4-11(14(17)18)10(7-9)12(15)16/h3-5,7,13H,6H2,1-2H3,(H,15,16). The lowest BCUT2D eigenvalue weighted by Gasteiger charge is -2.05. The molecule has 0 aromatic heterocycles. The zero-order valence-corrected chi connectivity index (χ0v) is 10.1. The predicted octanol–water partition coefficient (Wildman–Crippen LogP) is 2.67. The highest BCUT2D eigenvalue weighted by molar-refractivity contribution is 5.93. The van der Waals surface area contributed by atoms with Gasteiger partial charge in [-0.15, -0.1) is 0 Å². The first kappa shape index (κ1) is 13.7. The third-order valence-electron chi connectivity index (χ3n) is 2.24. The number of nitrogens with zero attached hydrogens (tertiary/aromatic N) is 1. The number of nitrogens with one attached hydrogen (secondary N) is 1. The molecule has 0 aliphatic rings. The van der Waals surface area contributed by atoms with Gasteiger partial charge in [-0.3, -0.25) is 10.1 Å². The van der Waals surface area contributed by atoms with Gasteiger partial charge in [0.2, 0.25) is 0 Å². The molecule has 0 aliphatic carbocycles. The molecule has 6 nitrogen and oxygen atoms in total. The molecule has 18 heavy (non-hydrogen) atoms. The van der Waals surface area contributed by atoms with Gasteiger partial charge >= 0.3 is 5.97 Å². The lowest BCUT2D eigenvalue weighted by Crippen LogP contribution is -2.05. The maximum Gasteiger partial charge on any atom is 0.342 e. The Morgan fingerprint density at radius 1 is 1.50 bits per heavy atom. The second-order valence-electron chi connectivity index (χ2n) is 3.96. The summed E-state index contributed by atoms with van der Waals surface area (Å²) in [6.45, 7) is 4.43. The predicted molar refractivity (Wildman–Crippen MR) is 68.0 cm³/mol. The van der Waals surface area contributed by atoms with Gasteiger partial charge in [-0.1, -0.05) is 11.6 Å². The molecule has 0 saturated carbocycles. The van der Waals surface area contributed by atoms with Gasteiger partial charge in [0, 0.05) is 18.3 Å². The van der Waals surface area contributed by atoms with E-state index in [1.807, 2.05) is 19.9 Å². The molecule has 1 aromatic carbocycles. The smallest absolute Gasteiger partial charge is 0.342 e. The van der Waals surface area contributed by atoms with Crippen molar-refractivity contribution < 1.29 is 14.8 Å². The zero-order valence-electron chi connectivity index (χ0n) is 10.1. The molecule has 0 atom stereocenters. The normalized spacial score (nSPS) is 9.67. The number of rotatable bonds is 5. The molecule has 1 rings (SSSR count). The Labute approximate surface area is 104 Å². The van der Waals surface area contributed by atoms with Gasteiger partial charge in [0.25, 0.3) is 5.69 Å². The summed E-state index contributed by atoms with van der Waals surface area (Å²) in [5, 5.41) is 22.5. The van der Waals surface area contributed by atoms with Crippen molar-refractivity contribution in [3.63, 3.8) is 0 Å². The van der Waals surface area contributed by atoms with Crippen LogP contribution in [-0.4, -0.2) is 22.5 Å². The summed E-state index contributed by atoms with van der Waals surface area (Å²) in [4.78, 5) is 20.9. The molecule has 0 saturated heterocycles. The third kappa shape index (κ3) is 3.58. The zero-order chi connectivity index (χ0) is 13.7. The van der Waals surface area contributed by atoms with Crippen molar-refractivity contribution in [2.75, 3.05) is 11.9 Å². The van der Waals surface area contributed by atoms with Crippen LogP contribution < -0.4 is 5.32 Å². The van der Waals surface area contributed by atoms with Crippen LogP contribution >= 0.6 is 0 Å². The first-order valence-electron chi connectivity index (χ1n) is 5.30. The largest absolute Gasteiger partial charge is 0.477 e. The molecule has 0 spiro atoms. The van der Waals surface area contributed by atoms with Gasteiger partial charge in [-0.25, -0.2) is 4.79 Å². The van der Waals surface area contributed by atoms with E-state index in [0.717, 1.165) is 5.57 Å². The molecule has 2 N–H and O–H groups in total. The molecule has 0 bridgehead atoms. The van der Waals surface area contributed by atoms with Crippen LogP contribution in [0.2, 0.25) is 0 Å². The second kappa shape index (κ2) is 5.81. The van der Waals surface area contributed by atoms with Crippen LogP contribution in [0.5, 0.6) is 0 Å². The Morgan fingerprint density at radius 2 is 2.17 bits per heavy atom. The summed E-state index contributed by atoms with van der Waals surface area (Å²) >= 11 is 0. The minimum atomic E-state index is -1.31. The van der Waals surface area contributed by atoms with Crippen molar-refractivity contribution >= 4 is 17.3 Å². The Bertz CT molecular complexity index is 505. The fraction of sp³-hybridized carbons (Fsp3) is 0.250. The molecule has 96 valence electrons. The van der Waals surface area contributed by atoms with Crippen LogP contribution in [0, 0.1) is 10.1 Å². The lowest BCUT2D eigenvalue weighted by molar-refractivity contribution is -0.385.